The summed E-state index contributed by atoms with van der Waals surface area (Å²) in [5.41, 5.74) is -3.89. The van der Waals surface area contributed by atoms with Crippen LogP contribution in [0.25, 0.3) is 0 Å². The number of aliphatic hydroxyl groups excluding tert-OH is 4. The average molecular weight is 878 g/mol. The molecule has 2 aromatic rings. The van der Waals surface area contributed by atoms with Crippen molar-refractivity contribution in [1.82, 2.24) is 19.1 Å². The van der Waals surface area contributed by atoms with Gasteiger partial charge in [-0.25, -0.2) is 22.5 Å². The number of ether oxygens (including phenoxy) is 2. The van der Waals surface area contributed by atoms with Gasteiger partial charge < -0.3 is 58.5 Å². The van der Waals surface area contributed by atoms with Crippen LogP contribution >= 0.6 is 31.3 Å². The van der Waals surface area contributed by atoms with Crippen LogP contribution in [-0.2, 0) is 49.7 Å². The largest absolute Gasteiger partial charge is 1.00 e. The molecule has 6 N–H and O–H groups in total. The number of hydrogen-bond donors (Lipinski definition) is 6. The van der Waals surface area contributed by atoms with Crippen LogP contribution in [0.1, 0.15) is 12.5 Å². The molecule has 0 saturated carbocycles. The van der Waals surface area contributed by atoms with Gasteiger partial charge in [-0.3, -0.25) is 47.0 Å². The molecule has 2 saturated heterocycles. The van der Waals surface area contributed by atoms with E-state index in [0.717, 1.165) is 24.5 Å². The first kappa shape index (κ1) is 54.7. The summed E-state index contributed by atoms with van der Waals surface area (Å²) in [6.07, 6.45) is -13.2. The van der Waals surface area contributed by atoms with Crippen molar-refractivity contribution in [3.63, 3.8) is 0 Å². The zero-order chi connectivity index (χ0) is 36.7. The molecule has 276 valence electrons. The molecular formula is C18H22N4Na4O23P4. The molecule has 0 amide bonds. The first-order valence-corrected chi connectivity index (χ1v) is 18.7. The van der Waals surface area contributed by atoms with E-state index < -0.39 is 116 Å². The third-order valence-corrected chi connectivity index (χ3v) is 12.0. The van der Waals surface area contributed by atoms with E-state index in [4.69, 9.17) is 9.47 Å². The number of hydrogen-bond acceptors (Lipinski definition) is 23. The van der Waals surface area contributed by atoms with E-state index in [9.17, 15) is 77.4 Å². The number of aliphatic hydroxyl groups is 4. The molecule has 0 spiro atoms. The first-order valence-electron chi connectivity index (χ1n) is 12.8. The maximum absolute atomic E-state index is 12.0. The fourth-order valence-corrected chi connectivity index (χ4v) is 8.97. The SMILES string of the molecule is O=c1ccn([C@@H]2O[C@H](COP(=O)([O-])OP(=O)([O-])OP(=O)([O-])OP(=O)([O-])OC[C@@H]3O[C@H](n4ccc(=O)[nH]c4=O)[C@@H](O)[C@H]3O)[C@@H](O)[C@H]2O)c(=O)[nH]1.[Na+].[Na+].[Na+].[Na+]. The van der Waals surface area contributed by atoms with E-state index in [2.05, 4.69) is 22.0 Å². The van der Waals surface area contributed by atoms with Crippen molar-refractivity contribution in [1.29, 1.82) is 0 Å². The minimum Gasteiger partial charge on any atom is -0.756 e. The van der Waals surface area contributed by atoms with Crippen LogP contribution in [0.5, 0.6) is 0 Å². The average Bonchev–Trinajstić information content (AvgIpc) is 3.38. The number of H-pyrrole nitrogens is 2. The molecule has 4 rings (SSSR count). The number of aromatic nitrogens is 4. The van der Waals surface area contributed by atoms with Crippen LogP contribution in [0.2, 0.25) is 0 Å². The van der Waals surface area contributed by atoms with E-state index in [1.807, 2.05) is 9.97 Å². The Kier molecular flexibility index (Phi) is 22.5. The van der Waals surface area contributed by atoms with Crippen LogP contribution in [0.4, 0.5) is 0 Å². The Morgan fingerprint density at radius 3 is 1.19 bits per heavy atom. The molecule has 53 heavy (non-hydrogen) atoms. The van der Waals surface area contributed by atoms with Gasteiger partial charge in [0.25, 0.3) is 42.4 Å². The maximum Gasteiger partial charge on any atom is 1.00 e. The molecule has 2 aliphatic heterocycles. The number of rotatable bonds is 14. The molecule has 27 nitrogen and oxygen atoms in total. The van der Waals surface area contributed by atoms with Crippen LogP contribution in [0, 0.1) is 0 Å². The van der Waals surface area contributed by atoms with E-state index in [0.29, 0.717) is 9.13 Å². The molecule has 12 atom stereocenters. The van der Waals surface area contributed by atoms with E-state index in [1.54, 1.807) is 0 Å². The predicted octanol–water partition coefficient (Wildman–Crippen LogP) is -18.7. The van der Waals surface area contributed by atoms with Crippen LogP contribution in [0.15, 0.2) is 43.7 Å². The van der Waals surface area contributed by atoms with Crippen molar-refractivity contribution in [2.45, 2.75) is 49.1 Å². The summed E-state index contributed by atoms with van der Waals surface area (Å²) < 4.78 is 78.3. The van der Waals surface area contributed by atoms with E-state index >= 15 is 0 Å². The van der Waals surface area contributed by atoms with Gasteiger partial charge in [0, 0.05) is 24.5 Å². The molecule has 4 heterocycles. The summed E-state index contributed by atoms with van der Waals surface area (Å²) in [6, 6.07) is 1.68. The number of phosphoric ester groups is 2. The van der Waals surface area contributed by atoms with Crippen LogP contribution < -0.4 is 160 Å². The normalized spacial score (nSPS) is 29.7. The number of aromatic amines is 2. The molecule has 35 heteroatoms. The molecule has 2 aromatic heterocycles. The molecule has 2 aliphatic rings. The van der Waals surface area contributed by atoms with Gasteiger partial charge in [0.1, 0.15) is 36.6 Å². The molecule has 0 bridgehead atoms. The van der Waals surface area contributed by atoms with Gasteiger partial charge in [0.15, 0.2) is 12.5 Å². The van der Waals surface area contributed by atoms with Crippen molar-refractivity contribution < 1.29 is 208 Å². The van der Waals surface area contributed by atoms with E-state index in [1.165, 1.54) is 0 Å². The van der Waals surface area contributed by atoms with Gasteiger partial charge in [-0.1, -0.05) is 0 Å². The molecule has 0 aromatic carbocycles. The smallest absolute Gasteiger partial charge is 0.756 e. The fourth-order valence-electron chi connectivity index (χ4n) is 4.22. The monoisotopic (exact) mass is 878 g/mol. The minimum absolute atomic E-state index is 0. The molecule has 0 radical (unpaired) electrons. The summed E-state index contributed by atoms with van der Waals surface area (Å²) in [6.45, 7) is -2.66. The van der Waals surface area contributed by atoms with Gasteiger partial charge >= 0.3 is 130 Å². The Morgan fingerprint density at radius 2 is 0.887 bits per heavy atom. The molecular weight excluding hydrogens is 856 g/mol. The van der Waals surface area contributed by atoms with Gasteiger partial charge in [0.2, 0.25) is 0 Å². The zero-order valence-corrected chi connectivity index (χ0v) is 39.1. The number of phosphoric acid groups is 4. The second kappa shape index (κ2) is 21.8. The first-order chi connectivity index (χ1) is 22.5. The zero-order valence-electron chi connectivity index (χ0n) is 27.6. The molecule has 4 unspecified atom stereocenters. The Morgan fingerprint density at radius 1 is 0.585 bits per heavy atom. The van der Waals surface area contributed by atoms with Crippen molar-refractivity contribution in [3.8, 4) is 0 Å². The summed E-state index contributed by atoms with van der Waals surface area (Å²) in [5, 5.41) is 40.5. The quantitative estimate of drug-likeness (QED) is 0.0758. The second-order valence-corrected chi connectivity index (χ2v) is 15.8. The Labute approximate surface area is 382 Å². The Balaban J connectivity index is 0.00000676. The number of nitrogens with one attached hydrogen (secondary N) is 2. The fraction of sp³-hybridized carbons (Fsp3) is 0.556. The number of nitrogens with zero attached hydrogens (tertiary/aromatic N) is 2. The third-order valence-electron chi connectivity index (χ3n) is 6.32. The van der Waals surface area contributed by atoms with Crippen molar-refractivity contribution in [2.24, 2.45) is 0 Å². The Hall–Kier alpha value is 1.68. The maximum atomic E-state index is 12.0. The summed E-state index contributed by atoms with van der Waals surface area (Å²) in [5.74, 6) is 0. The van der Waals surface area contributed by atoms with Gasteiger partial charge in [-0.15, -0.1) is 0 Å². The third kappa shape index (κ3) is 15.0. The molecule has 0 aliphatic carbocycles. The van der Waals surface area contributed by atoms with Crippen molar-refractivity contribution in [2.75, 3.05) is 13.2 Å². The second-order valence-electron chi connectivity index (χ2n) is 9.75. The Bertz CT molecular complexity index is 1840. The van der Waals surface area contributed by atoms with Crippen LogP contribution in [-0.4, -0.2) is 89.4 Å². The van der Waals surface area contributed by atoms with Gasteiger partial charge in [0.05, 0.1) is 13.2 Å². The van der Waals surface area contributed by atoms with Crippen molar-refractivity contribution >= 4 is 31.3 Å². The van der Waals surface area contributed by atoms with Gasteiger partial charge in [-0.2, -0.15) is 0 Å². The van der Waals surface area contributed by atoms with Gasteiger partial charge in [-0.05, 0) is 0 Å². The van der Waals surface area contributed by atoms with E-state index in [-0.39, 0.29) is 118 Å². The summed E-state index contributed by atoms with van der Waals surface area (Å²) in [7, 11) is -25.6. The standard InChI is InChI=1S/C18H26N4O23P4.4Na/c23-9-1-3-21(17(29)19-9)15-13(27)11(25)7(41-15)5-39-46(31,32)43-48(35,36)45-49(37,38)44-47(33,34)40-6-8-12(26)14(28)16(42-8)22-4-2-10(24)20-18(22)30;;;;/h1-4,7-8,11-16,25-28H,5-6H2,(H,31,32)(H,33,34)(H,35,36)(H,37,38)(H,19,23,29)(H,20,24,30);;;;/q;4*+1/p-4/t7-,8+,11-,12+,13-,14+,15-,16+;;;;. The van der Waals surface area contributed by atoms with Crippen molar-refractivity contribution in [3.05, 3.63) is 66.2 Å². The topological polar surface area (TPSA) is 416 Å². The summed E-state index contributed by atoms with van der Waals surface area (Å²) in [4.78, 5) is 97.9. The van der Waals surface area contributed by atoms with Crippen LogP contribution in [0.3, 0.4) is 0 Å². The molecule has 2 fully saturated rings. The summed E-state index contributed by atoms with van der Waals surface area (Å²) >= 11 is 0. The minimum atomic E-state index is -6.64. The predicted molar refractivity (Wildman–Crippen MR) is 140 cm³/mol.